The monoisotopic (exact) mass is 401 g/mol. The summed E-state index contributed by atoms with van der Waals surface area (Å²) in [6.07, 6.45) is 1.49. The van der Waals surface area contributed by atoms with E-state index in [1.165, 1.54) is 12.1 Å². The van der Waals surface area contributed by atoms with Gasteiger partial charge in [-0.1, -0.05) is 18.2 Å². The van der Waals surface area contributed by atoms with Gasteiger partial charge in [0.05, 0.1) is 25.2 Å². The molecular weight excluding hydrogens is 373 g/mol. The first-order valence-corrected chi connectivity index (χ1v) is 10.1. The molecule has 1 fully saturated rings. The molecule has 1 heterocycles. The second-order valence-corrected chi connectivity index (χ2v) is 7.20. The van der Waals surface area contributed by atoms with Crippen LogP contribution in [0, 0.1) is 11.7 Å². The van der Waals surface area contributed by atoms with Crippen molar-refractivity contribution in [2.24, 2.45) is 5.92 Å². The standard InChI is InChI=1S/C23H28FNO4/c1-3-28-20-12-9-17(14-21(20)29-4-2)22(16-7-10-19(24)11-8-16)25-13-5-6-18(15-25)23(26)27/h7-12,14,18,22H,3-6,13,15H2,1-2H3,(H,26,27). The molecule has 5 nitrogen and oxygen atoms in total. The predicted octanol–water partition coefficient (Wildman–Crippen LogP) is 4.51. The molecule has 6 heteroatoms. The quantitative estimate of drug-likeness (QED) is 0.705. The Morgan fingerprint density at radius 3 is 2.41 bits per heavy atom. The number of carboxylic acids is 1. The average Bonchev–Trinajstić information content (AvgIpc) is 2.72. The normalized spacial score (nSPS) is 18.2. The minimum atomic E-state index is -0.769. The SMILES string of the molecule is CCOc1ccc(C(c2ccc(F)cc2)N2CCCC(C(=O)O)C2)cc1OCC. The van der Waals surface area contributed by atoms with Gasteiger partial charge in [0.1, 0.15) is 5.82 Å². The van der Waals surface area contributed by atoms with Gasteiger partial charge in [0, 0.05) is 6.54 Å². The van der Waals surface area contributed by atoms with E-state index in [0.717, 1.165) is 24.1 Å². The van der Waals surface area contributed by atoms with Crippen LogP contribution in [0.4, 0.5) is 4.39 Å². The van der Waals surface area contributed by atoms with Crippen molar-refractivity contribution in [2.75, 3.05) is 26.3 Å². The number of benzene rings is 2. The Balaban J connectivity index is 2.02. The van der Waals surface area contributed by atoms with Gasteiger partial charge in [-0.2, -0.15) is 0 Å². The third-order valence-electron chi connectivity index (χ3n) is 5.24. The highest BCUT2D eigenvalue weighted by molar-refractivity contribution is 5.70. The van der Waals surface area contributed by atoms with Crippen molar-refractivity contribution in [2.45, 2.75) is 32.7 Å². The van der Waals surface area contributed by atoms with E-state index >= 15 is 0 Å². The van der Waals surface area contributed by atoms with E-state index < -0.39 is 11.9 Å². The van der Waals surface area contributed by atoms with E-state index in [1.54, 1.807) is 12.1 Å². The third kappa shape index (κ3) is 5.07. The van der Waals surface area contributed by atoms with E-state index in [4.69, 9.17) is 9.47 Å². The fourth-order valence-electron chi connectivity index (χ4n) is 3.94. The van der Waals surface area contributed by atoms with Gasteiger partial charge < -0.3 is 14.6 Å². The zero-order chi connectivity index (χ0) is 20.8. The number of halogens is 1. The van der Waals surface area contributed by atoms with Gasteiger partial charge in [-0.15, -0.1) is 0 Å². The Labute approximate surface area is 171 Å². The zero-order valence-corrected chi connectivity index (χ0v) is 16.9. The maximum atomic E-state index is 13.5. The van der Waals surface area contributed by atoms with E-state index in [-0.39, 0.29) is 11.9 Å². The highest BCUT2D eigenvalue weighted by Crippen LogP contribution is 2.37. The molecule has 1 aliphatic heterocycles. The highest BCUT2D eigenvalue weighted by atomic mass is 19.1. The van der Waals surface area contributed by atoms with Crippen LogP contribution in [-0.4, -0.2) is 42.3 Å². The summed E-state index contributed by atoms with van der Waals surface area (Å²) in [5.41, 5.74) is 1.89. The molecule has 2 atom stereocenters. The molecule has 156 valence electrons. The number of carboxylic acid groups (broad SMARTS) is 1. The maximum Gasteiger partial charge on any atom is 0.307 e. The topological polar surface area (TPSA) is 59.0 Å². The number of carbonyl (C=O) groups is 1. The molecule has 0 spiro atoms. The van der Waals surface area contributed by atoms with Crippen molar-refractivity contribution in [1.82, 2.24) is 4.90 Å². The largest absolute Gasteiger partial charge is 0.490 e. The lowest BCUT2D eigenvalue weighted by Crippen LogP contribution is -2.41. The fourth-order valence-corrected chi connectivity index (χ4v) is 3.94. The number of likely N-dealkylation sites (tertiary alicyclic amines) is 1. The molecule has 29 heavy (non-hydrogen) atoms. The molecule has 0 saturated carbocycles. The van der Waals surface area contributed by atoms with Gasteiger partial charge in [0.15, 0.2) is 11.5 Å². The maximum absolute atomic E-state index is 13.5. The summed E-state index contributed by atoms with van der Waals surface area (Å²) >= 11 is 0. The lowest BCUT2D eigenvalue weighted by molar-refractivity contribution is -0.143. The Kier molecular flexibility index (Phi) is 7.09. The molecule has 0 aromatic heterocycles. The number of ether oxygens (including phenoxy) is 2. The molecule has 2 aromatic rings. The molecule has 1 aliphatic rings. The molecule has 2 unspecified atom stereocenters. The molecule has 1 saturated heterocycles. The number of hydrogen-bond acceptors (Lipinski definition) is 4. The van der Waals surface area contributed by atoms with Crippen LogP contribution in [0.2, 0.25) is 0 Å². The van der Waals surface area contributed by atoms with Crippen LogP contribution >= 0.6 is 0 Å². The number of nitrogens with zero attached hydrogens (tertiary/aromatic N) is 1. The van der Waals surface area contributed by atoms with Crippen molar-refractivity contribution in [3.63, 3.8) is 0 Å². The summed E-state index contributed by atoms with van der Waals surface area (Å²) in [5.74, 6) is -0.130. The number of piperidine rings is 1. The summed E-state index contributed by atoms with van der Waals surface area (Å²) in [7, 11) is 0. The lowest BCUT2D eigenvalue weighted by Gasteiger charge is -2.37. The lowest BCUT2D eigenvalue weighted by atomic mass is 9.91. The van der Waals surface area contributed by atoms with Crippen molar-refractivity contribution in [3.8, 4) is 11.5 Å². The van der Waals surface area contributed by atoms with Crippen molar-refractivity contribution < 1.29 is 23.8 Å². The predicted molar refractivity (Wildman–Crippen MR) is 109 cm³/mol. The summed E-state index contributed by atoms with van der Waals surface area (Å²) in [6, 6.07) is 12.0. The fraction of sp³-hybridized carbons (Fsp3) is 0.435. The number of hydrogen-bond donors (Lipinski definition) is 1. The molecule has 1 N–H and O–H groups in total. The van der Waals surface area contributed by atoms with Gasteiger partial charge in [-0.3, -0.25) is 9.69 Å². The second-order valence-electron chi connectivity index (χ2n) is 7.20. The first kappa shape index (κ1) is 21.1. The first-order valence-electron chi connectivity index (χ1n) is 10.1. The van der Waals surface area contributed by atoms with Crippen LogP contribution < -0.4 is 9.47 Å². The minimum Gasteiger partial charge on any atom is -0.490 e. The van der Waals surface area contributed by atoms with Gasteiger partial charge >= 0.3 is 5.97 Å². The molecule has 2 aromatic carbocycles. The average molecular weight is 401 g/mol. The highest BCUT2D eigenvalue weighted by Gasteiger charge is 2.31. The third-order valence-corrected chi connectivity index (χ3v) is 5.24. The summed E-state index contributed by atoms with van der Waals surface area (Å²) < 4.78 is 25.0. The Morgan fingerprint density at radius 2 is 1.76 bits per heavy atom. The van der Waals surface area contributed by atoms with Crippen LogP contribution in [0.25, 0.3) is 0 Å². The van der Waals surface area contributed by atoms with Gasteiger partial charge in [0.25, 0.3) is 0 Å². The van der Waals surface area contributed by atoms with Crippen LogP contribution in [-0.2, 0) is 4.79 Å². The Bertz CT molecular complexity index is 824. The molecule has 0 bridgehead atoms. The van der Waals surface area contributed by atoms with E-state index in [9.17, 15) is 14.3 Å². The van der Waals surface area contributed by atoms with Crippen LogP contribution in [0.3, 0.4) is 0 Å². The molecular formula is C23H28FNO4. The Hall–Kier alpha value is -2.60. The minimum absolute atomic E-state index is 0.187. The van der Waals surface area contributed by atoms with E-state index in [2.05, 4.69) is 4.90 Å². The van der Waals surface area contributed by atoms with E-state index in [0.29, 0.717) is 37.7 Å². The number of rotatable bonds is 8. The molecule has 0 amide bonds. The van der Waals surface area contributed by atoms with Gasteiger partial charge in [-0.05, 0) is 68.6 Å². The smallest absolute Gasteiger partial charge is 0.307 e. The van der Waals surface area contributed by atoms with Crippen LogP contribution in [0.1, 0.15) is 43.9 Å². The van der Waals surface area contributed by atoms with E-state index in [1.807, 2.05) is 32.0 Å². The number of aliphatic carboxylic acids is 1. The first-order chi connectivity index (χ1) is 14.0. The van der Waals surface area contributed by atoms with Crippen LogP contribution in [0.5, 0.6) is 11.5 Å². The zero-order valence-electron chi connectivity index (χ0n) is 16.9. The van der Waals surface area contributed by atoms with Gasteiger partial charge in [-0.25, -0.2) is 4.39 Å². The van der Waals surface area contributed by atoms with Crippen molar-refractivity contribution in [1.29, 1.82) is 0 Å². The molecule has 3 rings (SSSR count). The summed E-state index contributed by atoms with van der Waals surface area (Å²) in [5, 5.41) is 9.51. The van der Waals surface area contributed by atoms with Gasteiger partial charge in [0.2, 0.25) is 0 Å². The summed E-state index contributed by atoms with van der Waals surface area (Å²) in [6.45, 7) is 6.12. The van der Waals surface area contributed by atoms with Crippen molar-refractivity contribution in [3.05, 3.63) is 59.4 Å². The Morgan fingerprint density at radius 1 is 1.10 bits per heavy atom. The second kappa shape index (κ2) is 9.74. The summed E-state index contributed by atoms with van der Waals surface area (Å²) in [4.78, 5) is 13.8. The molecule has 0 aliphatic carbocycles. The van der Waals surface area contributed by atoms with Crippen molar-refractivity contribution >= 4 is 5.97 Å². The van der Waals surface area contributed by atoms with Crippen LogP contribution in [0.15, 0.2) is 42.5 Å². The molecule has 0 radical (unpaired) electrons.